The lowest BCUT2D eigenvalue weighted by Gasteiger charge is -2.09. The summed E-state index contributed by atoms with van der Waals surface area (Å²) in [4.78, 5) is 25.5. The maximum atomic E-state index is 11.4. The molecular formula is C11H10N2O3S. The number of nitrogens with zero attached hydrogens (tertiary/aromatic N) is 1. The van der Waals surface area contributed by atoms with E-state index in [2.05, 4.69) is 17.2 Å². The van der Waals surface area contributed by atoms with Crippen molar-refractivity contribution in [2.24, 2.45) is 0 Å². The number of rotatable bonds is 2. The van der Waals surface area contributed by atoms with Gasteiger partial charge in [0.15, 0.2) is 0 Å². The van der Waals surface area contributed by atoms with Gasteiger partial charge in [-0.1, -0.05) is 11.8 Å². The lowest BCUT2D eigenvalue weighted by atomic mass is 10.4. The van der Waals surface area contributed by atoms with Gasteiger partial charge in [-0.3, -0.25) is 9.69 Å². The van der Waals surface area contributed by atoms with Gasteiger partial charge in [0.2, 0.25) is 5.91 Å². The Morgan fingerprint density at radius 3 is 2.94 bits per heavy atom. The van der Waals surface area contributed by atoms with Crippen LogP contribution in [0.4, 0.5) is 4.79 Å². The average Bonchev–Trinajstić information content (AvgIpc) is 2.88. The van der Waals surface area contributed by atoms with E-state index < -0.39 is 0 Å². The molecule has 1 fully saturated rings. The van der Waals surface area contributed by atoms with Crippen molar-refractivity contribution >= 4 is 23.3 Å². The van der Waals surface area contributed by atoms with Gasteiger partial charge >= 0.3 is 6.03 Å². The smallest absolute Gasteiger partial charge is 0.324 e. The van der Waals surface area contributed by atoms with E-state index in [-0.39, 0.29) is 31.6 Å². The van der Waals surface area contributed by atoms with Gasteiger partial charge in [-0.15, -0.1) is 11.3 Å². The number of carbonyl (C=O) groups excluding carboxylic acids is 2. The Hall–Kier alpha value is -1.84. The highest BCUT2D eigenvalue weighted by molar-refractivity contribution is 7.12. The molecule has 1 aliphatic rings. The molecule has 0 aromatic carbocycles. The Balaban J connectivity index is 2.06. The summed E-state index contributed by atoms with van der Waals surface area (Å²) in [6.45, 7) is 0.164. The average molecular weight is 250 g/mol. The highest BCUT2D eigenvalue weighted by Crippen LogP contribution is 2.18. The number of nitrogens with one attached hydrogen (secondary N) is 1. The molecule has 6 heteroatoms. The van der Waals surface area contributed by atoms with Gasteiger partial charge in [0.25, 0.3) is 0 Å². The number of amides is 3. The Labute approximate surface area is 102 Å². The highest BCUT2D eigenvalue weighted by atomic mass is 32.1. The fourth-order valence-electron chi connectivity index (χ4n) is 1.43. The minimum Gasteiger partial charge on any atom is -0.384 e. The van der Waals surface area contributed by atoms with Crippen LogP contribution in [0.15, 0.2) is 12.1 Å². The third kappa shape index (κ3) is 2.64. The van der Waals surface area contributed by atoms with Gasteiger partial charge in [-0.2, -0.15) is 0 Å². The Bertz CT molecular complexity index is 496. The van der Waals surface area contributed by atoms with Crippen molar-refractivity contribution in [3.8, 4) is 11.8 Å². The van der Waals surface area contributed by atoms with Crippen LogP contribution in [-0.2, 0) is 11.3 Å². The minimum atomic E-state index is -0.355. The second-order valence-electron chi connectivity index (χ2n) is 3.36. The van der Waals surface area contributed by atoms with Crippen LogP contribution in [0.5, 0.6) is 0 Å². The van der Waals surface area contributed by atoms with Crippen molar-refractivity contribution in [1.29, 1.82) is 0 Å². The molecule has 0 saturated carbocycles. The van der Waals surface area contributed by atoms with Crippen LogP contribution in [-0.4, -0.2) is 35.1 Å². The Morgan fingerprint density at radius 1 is 1.47 bits per heavy atom. The maximum Gasteiger partial charge on any atom is 0.324 e. The number of thiophene rings is 1. The number of aliphatic hydroxyl groups is 1. The molecule has 1 aromatic rings. The molecule has 1 saturated heterocycles. The predicted octanol–water partition coefficient (Wildman–Crippen LogP) is 0.144. The van der Waals surface area contributed by atoms with Crippen molar-refractivity contribution < 1.29 is 14.7 Å². The topological polar surface area (TPSA) is 69.6 Å². The van der Waals surface area contributed by atoms with Gasteiger partial charge in [-0.25, -0.2) is 4.79 Å². The van der Waals surface area contributed by atoms with Gasteiger partial charge in [0.05, 0.1) is 18.0 Å². The fraction of sp³-hybridized carbons (Fsp3) is 0.273. The van der Waals surface area contributed by atoms with Crippen LogP contribution in [0, 0.1) is 11.8 Å². The number of hydrogen-bond donors (Lipinski definition) is 2. The number of carbonyl (C=O) groups is 2. The van der Waals surface area contributed by atoms with E-state index >= 15 is 0 Å². The predicted molar refractivity (Wildman–Crippen MR) is 62.2 cm³/mol. The summed E-state index contributed by atoms with van der Waals surface area (Å²) < 4.78 is 0. The summed E-state index contributed by atoms with van der Waals surface area (Å²) >= 11 is 1.41. The molecule has 0 radical (unpaired) electrons. The second kappa shape index (κ2) is 4.99. The first-order valence-corrected chi connectivity index (χ1v) is 5.79. The van der Waals surface area contributed by atoms with Crippen LogP contribution in [0.3, 0.4) is 0 Å². The monoisotopic (exact) mass is 250 g/mol. The van der Waals surface area contributed by atoms with E-state index in [1.807, 2.05) is 6.07 Å². The number of aliphatic hydroxyl groups excluding tert-OH is 1. The molecule has 2 N–H and O–H groups in total. The molecule has 17 heavy (non-hydrogen) atoms. The molecule has 0 bridgehead atoms. The first kappa shape index (κ1) is 11.6. The summed E-state index contributed by atoms with van der Waals surface area (Å²) in [6, 6.07) is 3.28. The van der Waals surface area contributed by atoms with Crippen LogP contribution in [0.25, 0.3) is 0 Å². The van der Waals surface area contributed by atoms with E-state index in [1.165, 1.54) is 16.2 Å². The molecule has 2 rings (SSSR count). The van der Waals surface area contributed by atoms with Crippen molar-refractivity contribution in [2.45, 2.75) is 6.54 Å². The Kier molecular flexibility index (Phi) is 3.42. The summed E-state index contributed by atoms with van der Waals surface area (Å²) in [7, 11) is 0. The van der Waals surface area contributed by atoms with Crippen molar-refractivity contribution in [3.63, 3.8) is 0 Å². The lowest BCUT2D eigenvalue weighted by molar-refractivity contribution is -0.125. The molecule has 3 amide bonds. The molecular weight excluding hydrogens is 240 g/mol. The molecule has 1 aromatic heterocycles. The van der Waals surface area contributed by atoms with Crippen LogP contribution in [0.1, 0.15) is 9.75 Å². The molecule has 0 aliphatic carbocycles. The number of hydrogen-bond acceptors (Lipinski definition) is 4. The molecule has 2 heterocycles. The molecule has 0 atom stereocenters. The zero-order chi connectivity index (χ0) is 12.3. The van der Waals surface area contributed by atoms with Gasteiger partial charge in [0.1, 0.15) is 6.61 Å². The fourth-order valence-corrected chi connectivity index (χ4v) is 2.30. The number of imide groups is 1. The summed E-state index contributed by atoms with van der Waals surface area (Å²) in [5, 5.41) is 11.0. The molecule has 5 nitrogen and oxygen atoms in total. The van der Waals surface area contributed by atoms with Gasteiger partial charge in [0, 0.05) is 4.88 Å². The van der Waals surface area contributed by atoms with E-state index in [1.54, 1.807) is 6.07 Å². The third-order valence-corrected chi connectivity index (χ3v) is 3.19. The maximum absolute atomic E-state index is 11.4. The minimum absolute atomic E-state index is 0.0708. The third-order valence-electron chi connectivity index (χ3n) is 2.20. The SMILES string of the molecule is O=C1CNC(=O)N1Cc1ccc(C#CCO)s1. The summed E-state index contributed by atoms with van der Waals surface area (Å²) in [5.74, 6) is 5.11. The van der Waals surface area contributed by atoms with Crippen LogP contribution in [0.2, 0.25) is 0 Å². The first-order valence-electron chi connectivity index (χ1n) is 4.97. The standard InChI is InChI=1S/C11H10N2O3S/c14-5-1-2-8-3-4-9(17-8)7-13-10(15)6-12-11(13)16/h3-4,14H,5-7H2,(H,12,16). The van der Waals surface area contributed by atoms with Crippen molar-refractivity contribution in [3.05, 3.63) is 21.9 Å². The van der Waals surface area contributed by atoms with Crippen molar-refractivity contribution in [1.82, 2.24) is 10.2 Å². The number of urea groups is 1. The van der Waals surface area contributed by atoms with E-state index in [0.717, 1.165) is 9.75 Å². The summed E-state index contributed by atoms with van der Waals surface area (Å²) in [6.07, 6.45) is 0. The quantitative estimate of drug-likeness (QED) is 0.579. The van der Waals surface area contributed by atoms with Gasteiger partial charge < -0.3 is 10.4 Å². The normalized spacial score (nSPS) is 14.5. The zero-order valence-electron chi connectivity index (χ0n) is 8.90. The van der Waals surface area contributed by atoms with E-state index in [9.17, 15) is 9.59 Å². The molecule has 0 unspecified atom stereocenters. The summed E-state index contributed by atoms with van der Waals surface area (Å²) in [5.41, 5.74) is 0. The largest absolute Gasteiger partial charge is 0.384 e. The van der Waals surface area contributed by atoms with Crippen LogP contribution < -0.4 is 5.32 Å². The molecule has 0 spiro atoms. The van der Waals surface area contributed by atoms with Gasteiger partial charge in [-0.05, 0) is 12.1 Å². The molecule has 88 valence electrons. The highest BCUT2D eigenvalue weighted by Gasteiger charge is 2.28. The van der Waals surface area contributed by atoms with E-state index in [4.69, 9.17) is 5.11 Å². The first-order chi connectivity index (χ1) is 8.20. The molecule has 1 aliphatic heterocycles. The lowest BCUT2D eigenvalue weighted by Crippen LogP contribution is -2.29. The van der Waals surface area contributed by atoms with E-state index in [0.29, 0.717) is 0 Å². The van der Waals surface area contributed by atoms with Crippen LogP contribution >= 0.6 is 11.3 Å². The Morgan fingerprint density at radius 2 is 2.29 bits per heavy atom. The zero-order valence-corrected chi connectivity index (χ0v) is 9.71. The second-order valence-corrected chi connectivity index (χ2v) is 4.53. The van der Waals surface area contributed by atoms with Crippen molar-refractivity contribution in [2.75, 3.05) is 13.2 Å².